The molecule has 4 nitrogen and oxygen atoms in total. The summed E-state index contributed by atoms with van der Waals surface area (Å²) in [5.41, 5.74) is 3.97. The van der Waals surface area contributed by atoms with Crippen molar-refractivity contribution >= 4 is 6.09 Å². The van der Waals surface area contributed by atoms with Crippen LogP contribution in [0.15, 0.2) is 48.5 Å². The summed E-state index contributed by atoms with van der Waals surface area (Å²) in [5.74, 6) is -0.246. The lowest BCUT2D eigenvalue weighted by Crippen LogP contribution is -2.52. The number of alkyl halides is 3. The largest absolute Gasteiger partial charge is 0.449 e. The molecule has 0 heterocycles. The van der Waals surface area contributed by atoms with E-state index in [0.717, 1.165) is 29.2 Å². The van der Waals surface area contributed by atoms with Crippen molar-refractivity contribution in [2.24, 2.45) is 0 Å². The lowest BCUT2D eigenvalue weighted by Gasteiger charge is -2.24. The first kappa shape index (κ1) is 18.3. The minimum atomic E-state index is -4.76. The van der Waals surface area contributed by atoms with E-state index in [1.807, 2.05) is 48.5 Å². The van der Waals surface area contributed by atoms with Gasteiger partial charge in [0.05, 0.1) is 6.10 Å². The Labute approximate surface area is 148 Å². The van der Waals surface area contributed by atoms with Crippen molar-refractivity contribution < 1.29 is 27.8 Å². The molecule has 1 aliphatic carbocycles. The second-order valence-corrected chi connectivity index (χ2v) is 6.23. The highest BCUT2D eigenvalue weighted by molar-refractivity contribution is 5.79. The second-order valence-electron chi connectivity index (χ2n) is 6.23. The predicted octanol–water partition coefficient (Wildman–Crippen LogP) is 3.84. The number of rotatable bonds is 4. The van der Waals surface area contributed by atoms with Crippen molar-refractivity contribution in [1.29, 1.82) is 0 Å². The van der Waals surface area contributed by atoms with Crippen LogP contribution in [0.25, 0.3) is 11.1 Å². The highest BCUT2D eigenvalue weighted by atomic mass is 19.4. The molecule has 0 aromatic heterocycles. The maximum absolute atomic E-state index is 12.8. The third-order valence-electron chi connectivity index (χ3n) is 4.45. The van der Waals surface area contributed by atoms with Crippen LogP contribution < -0.4 is 5.32 Å². The first-order valence-electron chi connectivity index (χ1n) is 8.15. The summed E-state index contributed by atoms with van der Waals surface area (Å²) < 4.78 is 43.6. The van der Waals surface area contributed by atoms with Crippen molar-refractivity contribution in [2.75, 3.05) is 6.61 Å². The number of ether oxygens (including phenoxy) is 1. The van der Waals surface area contributed by atoms with Crippen LogP contribution in [0.4, 0.5) is 18.0 Å². The Bertz CT molecular complexity index is 759. The lowest BCUT2D eigenvalue weighted by atomic mass is 9.98. The van der Waals surface area contributed by atoms with E-state index < -0.39 is 24.4 Å². The van der Waals surface area contributed by atoms with Crippen molar-refractivity contribution in [3.05, 3.63) is 59.7 Å². The van der Waals surface area contributed by atoms with Crippen molar-refractivity contribution in [1.82, 2.24) is 5.32 Å². The highest BCUT2D eigenvalue weighted by Crippen LogP contribution is 2.44. The molecule has 0 spiro atoms. The maximum atomic E-state index is 12.8. The van der Waals surface area contributed by atoms with Gasteiger partial charge in [-0.1, -0.05) is 48.5 Å². The molecule has 0 aliphatic heterocycles. The summed E-state index contributed by atoms with van der Waals surface area (Å²) in [6, 6.07) is 12.9. The van der Waals surface area contributed by atoms with Gasteiger partial charge in [0.1, 0.15) is 6.61 Å². The van der Waals surface area contributed by atoms with Crippen LogP contribution >= 0.6 is 0 Å². The third kappa shape index (κ3) is 3.53. The number of carbonyl (C=O) groups is 1. The van der Waals surface area contributed by atoms with Gasteiger partial charge in [0, 0.05) is 5.92 Å². The number of benzene rings is 2. The number of halogens is 3. The number of carbonyl (C=O) groups excluding carboxylic acids is 1. The fraction of sp³-hybridized carbons (Fsp3) is 0.316. The Morgan fingerprint density at radius 3 is 2.08 bits per heavy atom. The van der Waals surface area contributed by atoms with Gasteiger partial charge in [-0.05, 0) is 29.2 Å². The molecule has 138 valence electrons. The van der Waals surface area contributed by atoms with E-state index in [0.29, 0.717) is 0 Å². The maximum Gasteiger partial charge on any atom is 0.411 e. The monoisotopic (exact) mass is 365 g/mol. The molecular formula is C19H18F3NO3. The molecule has 0 radical (unpaired) electrons. The summed E-state index contributed by atoms with van der Waals surface area (Å²) in [4.78, 5) is 11.8. The molecule has 1 aliphatic rings. The molecule has 0 saturated carbocycles. The smallest absolute Gasteiger partial charge is 0.411 e. The van der Waals surface area contributed by atoms with Crippen LogP contribution in [0, 0.1) is 0 Å². The lowest BCUT2D eigenvalue weighted by molar-refractivity contribution is -0.173. The Balaban J connectivity index is 1.73. The number of aliphatic hydroxyl groups is 1. The zero-order valence-electron chi connectivity index (χ0n) is 14.0. The first-order valence-corrected chi connectivity index (χ1v) is 8.15. The normalized spacial score (nSPS) is 15.7. The Kier molecular flexibility index (Phi) is 4.91. The minimum absolute atomic E-state index is 0.0930. The van der Waals surface area contributed by atoms with Crippen LogP contribution in [-0.4, -0.2) is 36.1 Å². The molecule has 26 heavy (non-hydrogen) atoms. The predicted molar refractivity (Wildman–Crippen MR) is 89.7 cm³/mol. The summed E-state index contributed by atoms with van der Waals surface area (Å²) in [6.07, 6.45) is -7.76. The zero-order chi connectivity index (χ0) is 18.9. The van der Waals surface area contributed by atoms with E-state index in [9.17, 15) is 23.1 Å². The van der Waals surface area contributed by atoms with Gasteiger partial charge in [0.25, 0.3) is 0 Å². The molecule has 2 aromatic carbocycles. The van der Waals surface area contributed by atoms with Crippen molar-refractivity contribution in [3.8, 4) is 11.1 Å². The summed E-state index contributed by atoms with van der Waals surface area (Å²) in [7, 11) is 0. The molecule has 2 N–H and O–H groups in total. The van der Waals surface area contributed by atoms with E-state index in [1.165, 1.54) is 0 Å². The molecule has 0 fully saturated rings. The molecule has 0 saturated heterocycles. The SMILES string of the molecule is C[C@@H](O)[C@H](NC(=O)OCC1c2ccccc2-c2ccccc21)C(F)(F)F. The average Bonchev–Trinajstić information content (AvgIpc) is 2.91. The molecule has 2 aromatic rings. The van der Waals surface area contributed by atoms with Gasteiger partial charge in [-0.25, -0.2) is 4.79 Å². The van der Waals surface area contributed by atoms with E-state index in [2.05, 4.69) is 0 Å². The van der Waals surface area contributed by atoms with Gasteiger partial charge in [0.15, 0.2) is 6.04 Å². The van der Waals surface area contributed by atoms with Gasteiger partial charge in [-0.3, -0.25) is 0 Å². The fourth-order valence-corrected chi connectivity index (χ4v) is 3.24. The number of fused-ring (bicyclic) bond motifs is 3. The highest BCUT2D eigenvalue weighted by Gasteiger charge is 2.44. The van der Waals surface area contributed by atoms with Crippen LogP contribution in [0.2, 0.25) is 0 Å². The minimum Gasteiger partial charge on any atom is -0.449 e. The molecule has 3 rings (SSSR count). The molecular weight excluding hydrogens is 347 g/mol. The topological polar surface area (TPSA) is 58.6 Å². The second kappa shape index (κ2) is 6.99. The molecule has 0 bridgehead atoms. The molecule has 2 atom stereocenters. The number of aliphatic hydroxyl groups excluding tert-OH is 1. The number of alkyl carbamates (subject to hydrolysis) is 1. The van der Waals surface area contributed by atoms with Gasteiger partial charge in [0.2, 0.25) is 0 Å². The Morgan fingerprint density at radius 2 is 1.62 bits per heavy atom. The summed E-state index contributed by atoms with van der Waals surface area (Å²) in [6.45, 7) is 0.867. The van der Waals surface area contributed by atoms with Crippen molar-refractivity contribution in [3.63, 3.8) is 0 Å². The van der Waals surface area contributed by atoms with Gasteiger partial charge < -0.3 is 15.2 Å². The molecule has 7 heteroatoms. The Morgan fingerprint density at radius 1 is 1.12 bits per heavy atom. The number of nitrogens with one attached hydrogen (secondary N) is 1. The van der Waals surface area contributed by atoms with E-state index in [-0.39, 0.29) is 12.5 Å². The van der Waals surface area contributed by atoms with E-state index in [1.54, 1.807) is 5.32 Å². The van der Waals surface area contributed by atoms with Crippen molar-refractivity contribution in [2.45, 2.75) is 31.2 Å². The van der Waals surface area contributed by atoms with Gasteiger partial charge in [-0.2, -0.15) is 13.2 Å². The average molecular weight is 365 g/mol. The van der Waals surface area contributed by atoms with Crippen LogP contribution in [0.5, 0.6) is 0 Å². The van der Waals surface area contributed by atoms with Gasteiger partial charge in [-0.15, -0.1) is 0 Å². The van der Waals surface area contributed by atoms with Crippen LogP contribution in [0.1, 0.15) is 24.0 Å². The van der Waals surface area contributed by atoms with E-state index >= 15 is 0 Å². The third-order valence-corrected chi connectivity index (χ3v) is 4.45. The van der Waals surface area contributed by atoms with Gasteiger partial charge >= 0.3 is 12.3 Å². The summed E-state index contributed by atoms with van der Waals surface area (Å²) >= 11 is 0. The quantitative estimate of drug-likeness (QED) is 0.866. The molecule has 0 unspecified atom stereocenters. The van der Waals surface area contributed by atoms with Crippen LogP contribution in [0.3, 0.4) is 0 Å². The fourth-order valence-electron chi connectivity index (χ4n) is 3.24. The summed E-state index contributed by atoms with van der Waals surface area (Å²) in [5, 5.41) is 10.9. The number of amides is 1. The Hall–Kier alpha value is -2.54. The first-order chi connectivity index (χ1) is 12.3. The number of hydrogen-bond acceptors (Lipinski definition) is 3. The van der Waals surface area contributed by atoms with E-state index in [4.69, 9.17) is 4.74 Å². The zero-order valence-corrected chi connectivity index (χ0v) is 14.0. The molecule has 1 amide bonds. The van der Waals surface area contributed by atoms with Crippen LogP contribution in [-0.2, 0) is 4.74 Å². The number of hydrogen-bond donors (Lipinski definition) is 2. The standard InChI is InChI=1S/C19H18F3NO3/c1-11(24)17(19(20,21)22)23-18(25)26-10-16-14-8-4-2-6-12(14)13-7-3-5-9-15(13)16/h2-9,11,16-17,24H,10H2,1H3,(H,23,25)/t11-,17+/m1/s1.